The quantitative estimate of drug-likeness (QED) is 0.800. The Kier molecular flexibility index (Phi) is 5.23. The molecule has 0 aliphatic carbocycles. The van der Waals surface area contributed by atoms with Crippen LogP contribution in [0.1, 0.15) is 24.1 Å². The summed E-state index contributed by atoms with van der Waals surface area (Å²) in [6.07, 6.45) is 5.19. The molecule has 0 amide bonds. The second-order valence-electron chi connectivity index (χ2n) is 4.72. The number of nitrogens with one attached hydrogen (secondary N) is 1. The molecular weight excluding hydrogens is 264 g/mol. The highest BCUT2D eigenvalue weighted by atomic mass is 16.4. The van der Waals surface area contributed by atoms with E-state index in [9.17, 15) is 4.79 Å². The summed E-state index contributed by atoms with van der Waals surface area (Å²) in [5, 5.41) is 12.2. The normalized spacial score (nSPS) is 12.9. The first-order valence-corrected chi connectivity index (χ1v) is 6.77. The maximum atomic E-state index is 10.8. The van der Waals surface area contributed by atoms with Gasteiger partial charge in [0.2, 0.25) is 0 Å². The minimum absolute atomic E-state index is 0.00652. The molecule has 1 aromatic heterocycles. The smallest absolute Gasteiger partial charge is 0.330 e. The molecule has 0 spiro atoms. The molecule has 1 heterocycles. The number of carboxylic acid groups (broad SMARTS) is 1. The van der Waals surface area contributed by atoms with Gasteiger partial charge in [-0.2, -0.15) is 0 Å². The minimum atomic E-state index is -0.892. The molecule has 0 saturated carbocycles. The van der Waals surface area contributed by atoms with Gasteiger partial charge in [0.1, 0.15) is 0 Å². The lowest BCUT2D eigenvalue weighted by Gasteiger charge is -2.19. The molecule has 1 atom stereocenters. The van der Waals surface area contributed by atoms with E-state index in [1.54, 1.807) is 25.4 Å². The molecule has 0 fully saturated rings. The minimum Gasteiger partial charge on any atom is -0.478 e. The summed E-state index contributed by atoms with van der Waals surface area (Å²) in [5.41, 5.74) is 2.56. The van der Waals surface area contributed by atoms with Crippen molar-refractivity contribution in [2.24, 2.45) is 0 Å². The maximum absolute atomic E-state index is 10.8. The van der Waals surface area contributed by atoms with Crippen molar-refractivity contribution in [1.29, 1.82) is 0 Å². The summed E-state index contributed by atoms with van der Waals surface area (Å²) in [5.74, 6) is -0.892. The van der Waals surface area contributed by atoms with E-state index < -0.39 is 5.97 Å². The van der Waals surface area contributed by atoms with E-state index in [2.05, 4.69) is 10.3 Å². The monoisotopic (exact) mass is 282 g/mol. The average molecular weight is 282 g/mol. The Morgan fingerprint density at radius 2 is 1.81 bits per heavy atom. The number of aliphatic carboxylic acids is 1. The van der Waals surface area contributed by atoms with Crippen molar-refractivity contribution in [2.75, 3.05) is 6.54 Å². The largest absolute Gasteiger partial charge is 0.478 e. The molecule has 2 N–H and O–H groups in total. The van der Waals surface area contributed by atoms with Gasteiger partial charge in [0, 0.05) is 24.5 Å². The van der Waals surface area contributed by atoms with Gasteiger partial charge in [-0.15, -0.1) is 0 Å². The Hall–Kier alpha value is -2.46. The summed E-state index contributed by atoms with van der Waals surface area (Å²) in [6, 6.07) is 14.0. The highest BCUT2D eigenvalue weighted by Crippen LogP contribution is 2.21. The third-order valence-electron chi connectivity index (χ3n) is 3.24. The lowest BCUT2D eigenvalue weighted by atomic mass is 10.00. The van der Waals surface area contributed by atoms with E-state index in [-0.39, 0.29) is 6.04 Å². The van der Waals surface area contributed by atoms with Crippen molar-refractivity contribution in [3.05, 3.63) is 77.6 Å². The van der Waals surface area contributed by atoms with E-state index in [1.165, 1.54) is 0 Å². The molecule has 0 bridgehead atoms. The van der Waals surface area contributed by atoms with E-state index in [4.69, 9.17) is 5.11 Å². The van der Waals surface area contributed by atoms with Crippen LogP contribution in [0.3, 0.4) is 0 Å². The molecule has 0 aliphatic heterocycles. The van der Waals surface area contributed by atoms with Crippen molar-refractivity contribution in [2.45, 2.75) is 13.0 Å². The van der Waals surface area contributed by atoms with Crippen LogP contribution in [-0.2, 0) is 4.79 Å². The highest BCUT2D eigenvalue weighted by Gasteiger charge is 2.12. The summed E-state index contributed by atoms with van der Waals surface area (Å²) in [6.45, 7) is 2.08. The van der Waals surface area contributed by atoms with Crippen LogP contribution >= 0.6 is 0 Å². The van der Waals surface area contributed by atoms with Crippen LogP contribution in [0.2, 0.25) is 0 Å². The van der Waals surface area contributed by atoms with E-state index in [0.717, 1.165) is 11.1 Å². The van der Waals surface area contributed by atoms with Crippen LogP contribution in [0.25, 0.3) is 0 Å². The summed E-state index contributed by atoms with van der Waals surface area (Å²) in [4.78, 5) is 14.8. The van der Waals surface area contributed by atoms with Gasteiger partial charge in [-0.25, -0.2) is 4.79 Å². The Balaban J connectivity index is 2.18. The first-order valence-electron chi connectivity index (χ1n) is 6.77. The number of rotatable bonds is 6. The van der Waals surface area contributed by atoms with Crippen molar-refractivity contribution < 1.29 is 9.90 Å². The predicted molar refractivity (Wildman–Crippen MR) is 81.9 cm³/mol. The molecular formula is C17H18N2O2. The number of carboxylic acids is 1. The molecule has 21 heavy (non-hydrogen) atoms. The predicted octanol–water partition coefficient (Wildman–Crippen LogP) is 2.79. The molecule has 1 unspecified atom stereocenters. The van der Waals surface area contributed by atoms with Crippen LogP contribution in [0.5, 0.6) is 0 Å². The Bertz CT molecular complexity index is 570. The first kappa shape index (κ1) is 14.9. The summed E-state index contributed by atoms with van der Waals surface area (Å²) in [7, 11) is 0. The summed E-state index contributed by atoms with van der Waals surface area (Å²) >= 11 is 0. The Labute approximate surface area is 124 Å². The van der Waals surface area contributed by atoms with E-state index in [1.807, 2.05) is 42.5 Å². The van der Waals surface area contributed by atoms with Crippen LogP contribution in [0, 0.1) is 0 Å². The third-order valence-corrected chi connectivity index (χ3v) is 3.24. The van der Waals surface area contributed by atoms with Gasteiger partial charge in [0.25, 0.3) is 0 Å². The SMILES string of the molecule is C/C(=C/CNC(c1ccccc1)c1ccncc1)C(=O)O. The third kappa shape index (κ3) is 4.26. The lowest BCUT2D eigenvalue weighted by molar-refractivity contribution is -0.132. The average Bonchev–Trinajstić information content (AvgIpc) is 2.53. The fourth-order valence-electron chi connectivity index (χ4n) is 2.05. The second kappa shape index (κ2) is 7.36. The zero-order chi connectivity index (χ0) is 15.1. The van der Waals surface area contributed by atoms with Gasteiger partial charge in [0.05, 0.1) is 6.04 Å². The van der Waals surface area contributed by atoms with Crippen molar-refractivity contribution in [1.82, 2.24) is 10.3 Å². The number of hydrogen-bond donors (Lipinski definition) is 2. The standard InChI is InChI=1S/C17H18N2O2/c1-13(17(20)21)7-12-19-16(14-5-3-2-4-6-14)15-8-10-18-11-9-15/h2-11,16,19H,12H2,1H3,(H,20,21)/b13-7-. The van der Waals surface area contributed by atoms with Crippen LogP contribution in [0.15, 0.2) is 66.5 Å². The zero-order valence-corrected chi connectivity index (χ0v) is 11.9. The van der Waals surface area contributed by atoms with Gasteiger partial charge in [-0.1, -0.05) is 36.4 Å². The second-order valence-corrected chi connectivity index (χ2v) is 4.72. The van der Waals surface area contributed by atoms with Gasteiger partial charge >= 0.3 is 5.97 Å². The number of nitrogens with zero attached hydrogens (tertiary/aromatic N) is 1. The van der Waals surface area contributed by atoms with Crippen molar-refractivity contribution >= 4 is 5.97 Å². The fourth-order valence-corrected chi connectivity index (χ4v) is 2.05. The Morgan fingerprint density at radius 3 is 2.43 bits per heavy atom. The molecule has 2 aromatic rings. The zero-order valence-electron chi connectivity index (χ0n) is 11.9. The summed E-state index contributed by atoms with van der Waals surface area (Å²) < 4.78 is 0. The molecule has 0 aliphatic rings. The number of carbonyl (C=O) groups is 1. The van der Waals surface area contributed by atoms with Gasteiger partial charge < -0.3 is 10.4 Å². The van der Waals surface area contributed by atoms with E-state index >= 15 is 0 Å². The van der Waals surface area contributed by atoms with Crippen LogP contribution in [-0.4, -0.2) is 22.6 Å². The molecule has 2 rings (SSSR count). The first-order chi connectivity index (χ1) is 10.2. The van der Waals surface area contributed by atoms with Gasteiger partial charge in [0.15, 0.2) is 0 Å². The lowest BCUT2D eigenvalue weighted by Crippen LogP contribution is -2.23. The number of benzene rings is 1. The highest BCUT2D eigenvalue weighted by molar-refractivity contribution is 5.85. The number of hydrogen-bond acceptors (Lipinski definition) is 3. The molecule has 4 nitrogen and oxygen atoms in total. The van der Waals surface area contributed by atoms with Crippen molar-refractivity contribution in [3.8, 4) is 0 Å². The molecule has 0 saturated heterocycles. The molecule has 0 radical (unpaired) electrons. The van der Waals surface area contributed by atoms with E-state index in [0.29, 0.717) is 12.1 Å². The Morgan fingerprint density at radius 1 is 1.19 bits per heavy atom. The molecule has 108 valence electrons. The number of aromatic nitrogens is 1. The molecule has 4 heteroatoms. The van der Waals surface area contributed by atoms with Gasteiger partial charge in [-0.3, -0.25) is 4.98 Å². The number of pyridine rings is 1. The fraction of sp³-hybridized carbons (Fsp3) is 0.176. The topological polar surface area (TPSA) is 62.2 Å². The molecule has 1 aromatic carbocycles. The maximum Gasteiger partial charge on any atom is 0.330 e. The van der Waals surface area contributed by atoms with Crippen LogP contribution < -0.4 is 5.32 Å². The van der Waals surface area contributed by atoms with Crippen LogP contribution in [0.4, 0.5) is 0 Å². The van der Waals surface area contributed by atoms with Crippen molar-refractivity contribution in [3.63, 3.8) is 0 Å². The van der Waals surface area contributed by atoms with Gasteiger partial charge in [-0.05, 0) is 30.2 Å².